The van der Waals surface area contributed by atoms with E-state index in [4.69, 9.17) is 0 Å². The summed E-state index contributed by atoms with van der Waals surface area (Å²) in [5, 5.41) is 20.0. The molecule has 0 fully saturated rings. The molecule has 2 aromatic heterocycles. The Hall–Kier alpha value is -1.73. The molecule has 2 rings (SSSR count). The van der Waals surface area contributed by atoms with Crippen LogP contribution in [-0.2, 0) is 5.11 Å². The Labute approximate surface area is 105 Å². The summed E-state index contributed by atoms with van der Waals surface area (Å²) in [5.41, 5.74) is 1.31. The Kier molecular flexibility index (Phi) is 3.73. The number of rotatable bonds is 5. The molecule has 18 heavy (non-hydrogen) atoms. The molecule has 1 radical (unpaired) electrons. The van der Waals surface area contributed by atoms with Gasteiger partial charge < -0.3 is 14.6 Å². The first-order valence-electron chi connectivity index (χ1n) is 5.72. The molecule has 97 valence electrons. The summed E-state index contributed by atoms with van der Waals surface area (Å²) in [6, 6.07) is -0.280. The first-order chi connectivity index (χ1) is 8.69. The highest BCUT2D eigenvalue weighted by molar-refractivity contribution is 5.83. The number of hydrogen-bond donors (Lipinski definition) is 1. The number of hydrogen-bond acceptors (Lipinski definition) is 5. The molecular weight excluding hydrogens is 234 g/mol. The molecule has 0 amide bonds. The molecule has 1 atom stereocenters. The third-order valence-electron chi connectivity index (χ3n) is 2.82. The van der Waals surface area contributed by atoms with Crippen LogP contribution in [0.1, 0.15) is 12.5 Å². The second-order valence-corrected chi connectivity index (χ2v) is 4.24. The number of aliphatic hydroxyl groups excluding tert-OH is 1. The average molecular weight is 250 g/mol. The van der Waals surface area contributed by atoms with Crippen LogP contribution in [0.25, 0.3) is 11.2 Å². The molecule has 1 unspecified atom stereocenters. The summed E-state index contributed by atoms with van der Waals surface area (Å²) in [6.07, 6.45) is 3.41. The van der Waals surface area contributed by atoms with E-state index in [1.807, 2.05) is 19.0 Å². The van der Waals surface area contributed by atoms with E-state index in [-0.39, 0.29) is 19.3 Å². The quantitative estimate of drug-likeness (QED) is 0.821. The van der Waals surface area contributed by atoms with E-state index in [1.54, 1.807) is 10.9 Å². The Morgan fingerprint density at radius 2 is 2.17 bits per heavy atom. The lowest BCUT2D eigenvalue weighted by Gasteiger charge is -2.15. The van der Waals surface area contributed by atoms with E-state index >= 15 is 0 Å². The van der Waals surface area contributed by atoms with Crippen LogP contribution in [0.15, 0.2) is 12.7 Å². The van der Waals surface area contributed by atoms with Gasteiger partial charge >= 0.3 is 0 Å². The maximum absolute atomic E-state index is 10.7. The van der Waals surface area contributed by atoms with Crippen LogP contribution in [0.5, 0.6) is 0 Å². The van der Waals surface area contributed by atoms with Gasteiger partial charge in [0.25, 0.3) is 0 Å². The molecule has 7 heteroatoms. The molecule has 0 bridgehead atoms. The average Bonchev–Trinajstić information content (AvgIpc) is 2.79. The third kappa shape index (κ3) is 2.14. The monoisotopic (exact) mass is 250 g/mol. The van der Waals surface area contributed by atoms with E-state index in [9.17, 15) is 10.2 Å². The predicted molar refractivity (Wildman–Crippen MR) is 65.9 cm³/mol. The number of aliphatic hydroxyl groups is 1. The van der Waals surface area contributed by atoms with Gasteiger partial charge in [0.05, 0.1) is 25.6 Å². The lowest BCUT2D eigenvalue weighted by atomic mass is 10.2. The summed E-state index contributed by atoms with van der Waals surface area (Å²) in [4.78, 5) is 14.5. The van der Waals surface area contributed by atoms with Crippen LogP contribution in [0.4, 0.5) is 5.82 Å². The zero-order valence-corrected chi connectivity index (χ0v) is 10.4. The number of anilines is 1. The van der Waals surface area contributed by atoms with E-state index in [0.29, 0.717) is 17.6 Å². The lowest BCUT2D eigenvalue weighted by molar-refractivity contribution is 0.145. The number of nitrogens with zero attached hydrogens (tertiary/aromatic N) is 5. The van der Waals surface area contributed by atoms with Crippen LogP contribution >= 0.6 is 0 Å². The fourth-order valence-electron chi connectivity index (χ4n) is 1.89. The van der Waals surface area contributed by atoms with Crippen molar-refractivity contribution in [2.24, 2.45) is 0 Å². The van der Waals surface area contributed by atoms with Gasteiger partial charge in [-0.15, -0.1) is 0 Å². The Balaban J connectivity index is 2.51. The van der Waals surface area contributed by atoms with Crippen molar-refractivity contribution in [3.8, 4) is 0 Å². The normalized spacial score (nSPS) is 12.9. The van der Waals surface area contributed by atoms with Gasteiger partial charge in [0.1, 0.15) is 6.33 Å². The van der Waals surface area contributed by atoms with Gasteiger partial charge in [0.2, 0.25) is 0 Å². The largest absolute Gasteiger partial charge is 0.394 e. The molecule has 0 aliphatic carbocycles. The topological polar surface area (TPSA) is 87.0 Å². The maximum Gasteiger partial charge on any atom is 0.165 e. The Morgan fingerprint density at radius 3 is 2.78 bits per heavy atom. The molecule has 0 saturated carbocycles. The van der Waals surface area contributed by atoms with Crippen molar-refractivity contribution in [3.05, 3.63) is 12.7 Å². The minimum Gasteiger partial charge on any atom is -0.394 e. The standard InChI is InChI=1S/C11H16N5O2/c1-15(2)10-9-11(13-6-12-10)16(7-14-9)8(5-18)3-4-17/h6-8,18H,3-5H2,1-2H3. The van der Waals surface area contributed by atoms with Crippen molar-refractivity contribution in [2.45, 2.75) is 12.5 Å². The van der Waals surface area contributed by atoms with Crippen molar-refractivity contribution in [1.82, 2.24) is 19.5 Å². The lowest BCUT2D eigenvalue weighted by Crippen LogP contribution is -2.15. The van der Waals surface area contributed by atoms with Gasteiger partial charge in [-0.2, -0.15) is 0 Å². The third-order valence-corrected chi connectivity index (χ3v) is 2.82. The number of imidazole rings is 1. The van der Waals surface area contributed by atoms with Crippen molar-refractivity contribution in [2.75, 3.05) is 32.2 Å². The van der Waals surface area contributed by atoms with Gasteiger partial charge in [0.15, 0.2) is 17.0 Å². The molecule has 0 aromatic carbocycles. The van der Waals surface area contributed by atoms with Gasteiger partial charge in [-0.3, -0.25) is 0 Å². The zero-order chi connectivity index (χ0) is 13.1. The molecular formula is C11H16N5O2. The predicted octanol–water partition coefficient (Wildman–Crippen LogP) is 0.246. The van der Waals surface area contributed by atoms with E-state index < -0.39 is 0 Å². The van der Waals surface area contributed by atoms with Gasteiger partial charge in [-0.1, -0.05) is 0 Å². The zero-order valence-electron chi connectivity index (χ0n) is 10.4. The highest BCUT2D eigenvalue weighted by Crippen LogP contribution is 2.23. The first-order valence-corrected chi connectivity index (χ1v) is 5.72. The van der Waals surface area contributed by atoms with Crippen molar-refractivity contribution >= 4 is 17.0 Å². The fraction of sp³-hybridized carbons (Fsp3) is 0.545. The smallest absolute Gasteiger partial charge is 0.165 e. The van der Waals surface area contributed by atoms with Crippen LogP contribution in [-0.4, -0.2) is 51.9 Å². The van der Waals surface area contributed by atoms with Crippen LogP contribution in [0, 0.1) is 0 Å². The van der Waals surface area contributed by atoms with Gasteiger partial charge in [0, 0.05) is 14.1 Å². The summed E-state index contributed by atoms with van der Waals surface area (Å²) in [7, 11) is 3.75. The molecule has 2 aromatic rings. The maximum atomic E-state index is 10.7. The molecule has 2 heterocycles. The summed E-state index contributed by atoms with van der Waals surface area (Å²) in [6.45, 7) is -0.342. The highest BCUT2D eigenvalue weighted by Gasteiger charge is 2.17. The van der Waals surface area contributed by atoms with Crippen molar-refractivity contribution in [3.63, 3.8) is 0 Å². The number of fused-ring (bicyclic) bond motifs is 1. The second kappa shape index (κ2) is 5.28. The SMILES string of the molecule is CN(C)c1ncnc2c1ncn2C(CO)CC[O]. The Bertz CT molecular complexity index is 525. The van der Waals surface area contributed by atoms with Gasteiger partial charge in [-0.05, 0) is 6.42 Å². The van der Waals surface area contributed by atoms with Crippen LogP contribution in [0.3, 0.4) is 0 Å². The van der Waals surface area contributed by atoms with Crippen molar-refractivity contribution in [1.29, 1.82) is 0 Å². The molecule has 0 spiro atoms. The first kappa shape index (κ1) is 12.7. The second-order valence-electron chi connectivity index (χ2n) is 4.24. The van der Waals surface area contributed by atoms with Crippen LogP contribution in [0.2, 0.25) is 0 Å². The molecule has 1 N–H and O–H groups in total. The summed E-state index contributed by atoms with van der Waals surface area (Å²) >= 11 is 0. The van der Waals surface area contributed by atoms with E-state index in [1.165, 1.54) is 6.33 Å². The fourth-order valence-corrected chi connectivity index (χ4v) is 1.89. The van der Waals surface area contributed by atoms with Crippen LogP contribution < -0.4 is 4.90 Å². The summed E-state index contributed by atoms with van der Waals surface area (Å²) < 4.78 is 1.74. The molecule has 0 aliphatic heterocycles. The minimum absolute atomic E-state index is 0.102. The number of aromatic nitrogens is 4. The van der Waals surface area contributed by atoms with Gasteiger partial charge in [-0.25, -0.2) is 20.1 Å². The molecule has 0 saturated heterocycles. The minimum atomic E-state index is -0.280. The summed E-state index contributed by atoms with van der Waals surface area (Å²) in [5.74, 6) is 0.720. The highest BCUT2D eigenvalue weighted by atomic mass is 16.3. The molecule has 0 aliphatic rings. The molecule has 7 nitrogen and oxygen atoms in total. The van der Waals surface area contributed by atoms with Crippen molar-refractivity contribution < 1.29 is 10.2 Å². The van der Waals surface area contributed by atoms with E-state index in [2.05, 4.69) is 15.0 Å². The Morgan fingerprint density at radius 1 is 1.39 bits per heavy atom. The van der Waals surface area contributed by atoms with E-state index in [0.717, 1.165) is 5.82 Å².